The normalized spacial score (nSPS) is 10.5. The first-order valence-electron chi connectivity index (χ1n) is 5.36. The van der Waals surface area contributed by atoms with Crippen LogP contribution < -0.4 is 5.32 Å². The molecule has 0 aromatic heterocycles. The van der Waals surface area contributed by atoms with Crippen molar-refractivity contribution in [3.05, 3.63) is 38.3 Å². The van der Waals surface area contributed by atoms with Gasteiger partial charge in [-0.1, -0.05) is 22.9 Å². The molecule has 1 aromatic carbocycles. The summed E-state index contributed by atoms with van der Waals surface area (Å²) in [4.78, 5) is 10.4. The highest BCUT2D eigenvalue weighted by Crippen LogP contribution is 2.23. The number of nitrogens with one attached hydrogen (secondary N) is 1. The summed E-state index contributed by atoms with van der Waals surface area (Å²) in [6, 6.07) is 4.97. The maximum Gasteiger partial charge on any atom is 0.276 e. The van der Waals surface area contributed by atoms with Crippen LogP contribution in [0, 0.1) is 10.1 Å². The van der Waals surface area contributed by atoms with Crippen molar-refractivity contribution in [1.82, 2.24) is 5.32 Å². The fourth-order valence-electron chi connectivity index (χ4n) is 1.33. The predicted molar refractivity (Wildman–Crippen MR) is 69.0 cm³/mol. The standard InChI is InChI=1S/C11H15BrN2O3/c1-2-13-5-6-17-8-9-3-4-10(12)7-11(9)14(15)16/h3-4,7,13H,2,5-6,8H2,1H3. The number of hydrogen-bond donors (Lipinski definition) is 1. The summed E-state index contributed by atoms with van der Waals surface area (Å²) >= 11 is 3.21. The molecule has 0 atom stereocenters. The number of nitro groups is 1. The molecule has 1 rings (SSSR count). The van der Waals surface area contributed by atoms with Crippen molar-refractivity contribution in [1.29, 1.82) is 0 Å². The van der Waals surface area contributed by atoms with E-state index in [1.165, 1.54) is 6.07 Å². The Morgan fingerprint density at radius 2 is 2.29 bits per heavy atom. The lowest BCUT2D eigenvalue weighted by atomic mass is 10.2. The number of benzene rings is 1. The summed E-state index contributed by atoms with van der Waals surface area (Å²) < 4.78 is 6.07. The first-order valence-corrected chi connectivity index (χ1v) is 6.15. The van der Waals surface area contributed by atoms with Crippen molar-refractivity contribution in [3.63, 3.8) is 0 Å². The summed E-state index contributed by atoms with van der Waals surface area (Å²) in [6.07, 6.45) is 0. The van der Waals surface area contributed by atoms with Crippen LogP contribution in [0.5, 0.6) is 0 Å². The lowest BCUT2D eigenvalue weighted by Gasteiger charge is -2.06. The predicted octanol–water partition coefficient (Wildman–Crippen LogP) is 2.48. The first-order chi connectivity index (χ1) is 8.15. The molecule has 0 aliphatic carbocycles. The first kappa shape index (κ1) is 14.1. The Hall–Kier alpha value is -0.980. The summed E-state index contributed by atoms with van der Waals surface area (Å²) in [5, 5.41) is 13.9. The molecule has 5 nitrogen and oxygen atoms in total. The highest BCUT2D eigenvalue weighted by Gasteiger charge is 2.13. The minimum atomic E-state index is -0.395. The molecule has 0 unspecified atom stereocenters. The van der Waals surface area contributed by atoms with Gasteiger partial charge in [0.25, 0.3) is 5.69 Å². The zero-order valence-electron chi connectivity index (χ0n) is 9.61. The average Bonchev–Trinajstić information content (AvgIpc) is 2.30. The Labute approximate surface area is 108 Å². The van der Waals surface area contributed by atoms with Crippen LogP contribution in [0.3, 0.4) is 0 Å². The highest BCUT2D eigenvalue weighted by molar-refractivity contribution is 9.10. The van der Waals surface area contributed by atoms with Crippen LogP contribution in [0.1, 0.15) is 12.5 Å². The van der Waals surface area contributed by atoms with Gasteiger partial charge < -0.3 is 10.1 Å². The van der Waals surface area contributed by atoms with E-state index >= 15 is 0 Å². The van der Waals surface area contributed by atoms with Gasteiger partial charge in [-0.2, -0.15) is 0 Å². The van der Waals surface area contributed by atoms with Crippen molar-refractivity contribution < 1.29 is 9.66 Å². The van der Waals surface area contributed by atoms with Gasteiger partial charge in [-0.05, 0) is 18.7 Å². The van der Waals surface area contributed by atoms with E-state index < -0.39 is 4.92 Å². The van der Waals surface area contributed by atoms with E-state index in [9.17, 15) is 10.1 Å². The van der Waals surface area contributed by atoms with Crippen LogP contribution in [-0.4, -0.2) is 24.6 Å². The second-order valence-corrected chi connectivity index (χ2v) is 4.35. The molecular weight excluding hydrogens is 288 g/mol. The molecule has 94 valence electrons. The molecule has 17 heavy (non-hydrogen) atoms. The zero-order chi connectivity index (χ0) is 12.7. The number of rotatable bonds is 7. The lowest BCUT2D eigenvalue weighted by molar-refractivity contribution is -0.386. The van der Waals surface area contributed by atoms with Gasteiger partial charge in [-0.25, -0.2) is 0 Å². The molecule has 6 heteroatoms. The van der Waals surface area contributed by atoms with Crippen molar-refractivity contribution in [3.8, 4) is 0 Å². The van der Waals surface area contributed by atoms with E-state index in [0.717, 1.165) is 13.1 Å². The molecule has 0 saturated carbocycles. The van der Waals surface area contributed by atoms with Gasteiger partial charge in [0.2, 0.25) is 0 Å². The van der Waals surface area contributed by atoms with E-state index in [1.54, 1.807) is 12.1 Å². The molecule has 0 saturated heterocycles. The van der Waals surface area contributed by atoms with Crippen molar-refractivity contribution in [2.24, 2.45) is 0 Å². The van der Waals surface area contributed by atoms with Gasteiger partial charge in [-0.3, -0.25) is 10.1 Å². The topological polar surface area (TPSA) is 64.4 Å². The summed E-state index contributed by atoms with van der Waals surface area (Å²) in [5.74, 6) is 0. The van der Waals surface area contributed by atoms with E-state index in [1.807, 2.05) is 6.92 Å². The number of likely N-dealkylation sites (N-methyl/N-ethyl adjacent to an activating group) is 1. The van der Waals surface area contributed by atoms with Crippen molar-refractivity contribution in [2.45, 2.75) is 13.5 Å². The van der Waals surface area contributed by atoms with Gasteiger partial charge in [0.1, 0.15) is 0 Å². The second kappa shape index (κ2) is 7.37. The van der Waals surface area contributed by atoms with Gasteiger partial charge >= 0.3 is 0 Å². The zero-order valence-corrected chi connectivity index (χ0v) is 11.2. The summed E-state index contributed by atoms with van der Waals surface area (Å²) in [7, 11) is 0. The quantitative estimate of drug-likeness (QED) is 0.477. The molecular formula is C11H15BrN2O3. The third kappa shape index (κ3) is 4.80. The molecule has 0 bridgehead atoms. The Morgan fingerprint density at radius 3 is 2.94 bits per heavy atom. The van der Waals surface area contributed by atoms with Crippen LogP contribution in [0.15, 0.2) is 22.7 Å². The molecule has 0 radical (unpaired) electrons. The van der Waals surface area contributed by atoms with Crippen LogP contribution in [0.2, 0.25) is 0 Å². The summed E-state index contributed by atoms with van der Waals surface area (Å²) in [5.41, 5.74) is 0.678. The minimum Gasteiger partial charge on any atom is -0.375 e. The van der Waals surface area contributed by atoms with Crippen LogP contribution in [0.4, 0.5) is 5.69 Å². The molecule has 0 spiro atoms. The largest absolute Gasteiger partial charge is 0.375 e. The molecule has 1 aromatic rings. The van der Waals surface area contributed by atoms with Gasteiger partial charge in [-0.15, -0.1) is 0 Å². The fraction of sp³-hybridized carbons (Fsp3) is 0.455. The molecule has 0 fully saturated rings. The Bertz CT molecular complexity index is 385. The Kier molecular flexibility index (Phi) is 6.10. The number of halogens is 1. The van der Waals surface area contributed by atoms with Gasteiger partial charge in [0.05, 0.1) is 23.7 Å². The Morgan fingerprint density at radius 1 is 1.53 bits per heavy atom. The van der Waals surface area contributed by atoms with Gasteiger partial charge in [0.15, 0.2) is 0 Å². The molecule has 0 aliphatic heterocycles. The maximum atomic E-state index is 10.8. The van der Waals surface area contributed by atoms with E-state index in [0.29, 0.717) is 16.6 Å². The van der Waals surface area contributed by atoms with Crippen molar-refractivity contribution in [2.75, 3.05) is 19.7 Å². The van der Waals surface area contributed by atoms with E-state index in [4.69, 9.17) is 4.74 Å². The Balaban J connectivity index is 2.55. The third-order valence-electron chi connectivity index (χ3n) is 2.17. The van der Waals surface area contributed by atoms with Crippen LogP contribution >= 0.6 is 15.9 Å². The van der Waals surface area contributed by atoms with Gasteiger partial charge in [0, 0.05) is 17.1 Å². The lowest BCUT2D eigenvalue weighted by Crippen LogP contribution is -2.18. The fourth-order valence-corrected chi connectivity index (χ4v) is 1.68. The van der Waals surface area contributed by atoms with Crippen LogP contribution in [-0.2, 0) is 11.3 Å². The molecule has 1 N–H and O–H groups in total. The molecule has 0 aliphatic rings. The smallest absolute Gasteiger partial charge is 0.276 e. The van der Waals surface area contributed by atoms with Crippen LogP contribution in [0.25, 0.3) is 0 Å². The van der Waals surface area contributed by atoms with E-state index in [2.05, 4.69) is 21.2 Å². The van der Waals surface area contributed by atoms with Crippen molar-refractivity contribution >= 4 is 21.6 Å². The monoisotopic (exact) mass is 302 g/mol. The number of ether oxygens (including phenoxy) is 1. The number of nitrogens with zero attached hydrogens (tertiary/aromatic N) is 1. The third-order valence-corrected chi connectivity index (χ3v) is 2.67. The maximum absolute atomic E-state index is 10.8. The SMILES string of the molecule is CCNCCOCc1ccc(Br)cc1[N+](=O)[O-]. The number of hydrogen-bond acceptors (Lipinski definition) is 4. The molecule has 0 heterocycles. The molecule has 0 amide bonds. The second-order valence-electron chi connectivity index (χ2n) is 3.44. The highest BCUT2D eigenvalue weighted by atomic mass is 79.9. The van der Waals surface area contributed by atoms with E-state index in [-0.39, 0.29) is 12.3 Å². The minimum absolute atomic E-state index is 0.0859. The summed E-state index contributed by atoms with van der Waals surface area (Å²) in [6.45, 7) is 4.46. The average molecular weight is 303 g/mol. The number of nitro benzene ring substituents is 1.